The molecule has 0 bridgehead atoms. The quantitative estimate of drug-likeness (QED) is 0.723. The summed E-state index contributed by atoms with van der Waals surface area (Å²) >= 11 is 0. The molecule has 1 atom stereocenters. The van der Waals surface area contributed by atoms with E-state index in [0.29, 0.717) is 5.92 Å². The lowest BCUT2D eigenvalue weighted by atomic mass is 9.76. The predicted molar refractivity (Wildman–Crippen MR) is 75.9 cm³/mol. The third-order valence-electron chi connectivity index (χ3n) is 3.83. The predicted octanol–water partition coefficient (Wildman–Crippen LogP) is 4.30. The van der Waals surface area contributed by atoms with Crippen molar-refractivity contribution >= 4 is 0 Å². The fourth-order valence-corrected chi connectivity index (χ4v) is 2.91. The van der Waals surface area contributed by atoms with E-state index in [9.17, 15) is 0 Å². The minimum atomic E-state index is 0.171. The highest BCUT2D eigenvalue weighted by atomic mass is 16.7. The molecule has 1 saturated heterocycles. The Labute approximate surface area is 112 Å². The van der Waals surface area contributed by atoms with Crippen LogP contribution in [0.25, 0.3) is 0 Å². The zero-order chi connectivity index (χ0) is 13.3. The molecule has 102 valence electrons. The molecule has 0 saturated carbocycles. The van der Waals surface area contributed by atoms with Crippen LogP contribution in [-0.2, 0) is 4.84 Å². The Hall–Kier alpha value is -0.760. The van der Waals surface area contributed by atoms with Crippen LogP contribution in [0.3, 0.4) is 0 Å². The van der Waals surface area contributed by atoms with Gasteiger partial charge in [0.15, 0.2) is 0 Å². The van der Waals surface area contributed by atoms with E-state index < -0.39 is 0 Å². The molecule has 2 heteroatoms. The van der Waals surface area contributed by atoms with Gasteiger partial charge in [-0.3, -0.25) is 0 Å². The summed E-state index contributed by atoms with van der Waals surface area (Å²) in [5.74, 6) is 1.85. The van der Waals surface area contributed by atoms with Crippen molar-refractivity contribution in [1.29, 1.82) is 0 Å². The van der Waals surface area contributed by atoms with E-state index in [1.807, 2.05) is 0 Å². The average molecular weight is 249 g/mol. The topological polar surface area (TPSA) is 12.5 Å². The Balaban J connectivity index is 2.30. The van der Waals surface area contributed by atoms with Gasteiger partial charge in [-0.25, -0.2) is 0 Å². The number of allylic oxidation sites excluding steroid dienone is 4. The van der Waals surface area contributed by atoms with Crippen molar-refractivity contribution in [3.63, 3.8) is 0 Å². The highest BCUT2D eigenvalue weighted by Gasteiger charge is 2.34. The third kappa shape index (κ3) is 2.80. The fraction of sp³-hybridized carbons (Fsp3) is 0.750. The van der Waals surface area contributed by atoms with Gasteiger partial charge in [0.05, 0.1) is 0 Å². The summed E-state index contributed by atoms with van der Waals surface area (Å²) in [5.41, 5.74) is 3.07. The van der Waals surface area contributed by atoms with Gasteiger partial charge in [-0.1, -0.05) is 39.3 Å². The minimum Gasteiger partial charge on any atom is -0.410 e. The van der Waals surface area contributed by atoms with Gasteiger partial charge in [0.25, 0.3) is 0 Å². The minimum absolute atomic E-state index is 0.171. The van der Waals surface area contributed by atoms with Crippen molar-refractivity contribution in [3.8, 4) is 0 Å². The van der Waals surface area contributed by atoms with Gasteiger partial charge in [-0.15, -0.1) is 5.06 Å². The molecule has 0 amide bonds. The van der Waals surface area contributed by atoms with E-state index >= 15 is 0 Å². The molecule has 0 aromatic rings. The number of rotatable bonds is 2. The van der Waals surface area contributed by atoms with E-state index in [2.05, 4.69) is 45.8 Å². The van der Waals surface area contributed by atoms with Gasteiger partial charge < -0.3 is 4.84 Å². The smallest absolute Gasteiger partial charge is 0.131 e. The van der Waals surface area contributed by atoms with Crippen LogP contribution in [-0.4, -0.2) is 18.2 Å². The highest BCUT2D eigenvalue weighted by molar-refractivity contribution is 5.36. The highest BCUT2D eigenvalue weighted by Crippen LogP contribution is 2.42. The van der Waals surface area contributed by atoms with Crippen LogP contribution < -0.4 is 0 Å². The van der Waals surface area contributed by atoms with Crippen molar-refractivity contribution < 1.29 is 4.84 Å². The average Bonchev–Trinajstić information content (AvgIpc) is 2.27. The summed E-state index contributed by atoms with van der Waals surface area (Å²) in [6.45, 7) is 13.4. The Morgan fingerprint density at radius 3 is 2.72 bits per heavy atom. The van der Waals surface area contributed by atoms with Crippen LogP contribution in [0.15, 0.2) is 23.0 Å². The molecule has 0 aromatic carbocycles. The molecule has 0 aromatic heterocycles. The number of hydrogen-bond donors (Lipinski definition) is 0. The normalized spacial score (nSPS) is 25.6. The Morgan fingerprint density at radius 2 is 2.11 bits per heavy atom. The second-order valence-electron chi connectivity index (χ2n) is 6.73. The molecular formula is C16H27NO. The first-order valence-corrected chi connectivity index (χ1v) is 7.26. The Bertz CT molecular complexity index is 373. The van der Waals surface area contributed by atoms with Gasteiger partial charge in [0, 0.05) is 19.0 Å². The standard InChI is InChI=1S/C16H27NO/c1-6-8-17-9-7-13-10-12(2)11-14(15(13)18-17)16(3,4)5/h11,13H,6-10H2,1-5H3. The van der Waals surface area contributed by atoms with Crippen LogP contribution in [0.1, 0.15) is 53.9 Å². The monoisotopic (exact) mass is 249 g/mol. The SMILES string of the molecule is CCCN1CCC2CC(C)=CC(C(C)(C)C)=C2O1. The molecular weight excluding hydrogens is 222 g/mol. The molecule has 1 unspecified atom stereocenters. The van der Waals surface area contributed by atoms with Crippen molar-refractivity contribution in [2.75, 3.05) is 13.1 Å². The van der Waals surface area contributed by atoms with Gasteiger partial charge in [-0.2, -0.15) is 0 Å². The number of nitrogens with zero attached hydrogens (tertiary/aromatic N) is 1. The maximum atomic E-state index is 6.19. The molecule has 1 heterocycles. The number of fused-ring (bicyclic) bond motifs is 1. The summed E-state index contributed by atoms with van der Waals surface area (Å²) in [6.07, 6.45) is 5.91. The number of hydrogen-bond acceptors (Lipinski definition) is 2. The van der Waals surface area contributed by atoms with E-state index in [0.717, 1.165) is 19.5 Å². The molecule has 18 heavy (non-hydrogen) atoms. The zero-order valence-corrected chi connectivity index (χ0v) is 12.5. The van der Waals surface area contributed by atoms with Crippen molar-refractivity contribution in [3.05, 3.63) is 23.0 Å². The lowest BCUT2D eigenvalue weighted by Gasteiger charge is -2.39. The van der Waals surface area contributed by atoms with Crippen LogP contribution >= 0.6 is 0 Å². The number of hydroxylamine groups is 2. The van der Waals surface area contributed by atoms with Crippen LogP contribution in [0.2, 0.25) is 0 Å². The van der Waals surface area contributed by atoms with E-state index in [-0.39, 0.29) is 5.41 Å². The molecule has 1 aliphatic heterocycles. The second-order valence-corrected chi connectivity index (χ2v) is 6.73. The summed E-state index contributed by atoms with van der Waals surface area (Å²) in [6, 6.07) is 0. The lowest BCUT2D eigenvalue weighted by molar-refractivity contribution is -0.156. The molecule has 1 aliphatic carbocycles. The largest absolute Gasteiger partial charge is 0.410 e. The molecule has 2 nitrogen and oxygen atoms in total. The van der Waals surface area contributed by atoms with Gasteiger partial charge in [0.2, 0.25) is 0 Å². The van der Waals surface area contributed by atoms with Crippen LogP contribution in [0.4, 0.5) is 0 Å². The first-order valence-electron chi connectivity index (χ1n) is 7.26. The van der Waals surface area contributed by atoms with Crippen molar-refractivity contribution in [2.24, 2.45) is 11.3 Å². The first kappa shape index (κ1) is 13.7. The maximum absolute atomic E-state index is 6.19. The van der Waals surface area contributed by atoms with Crippen LogP contribution in [0, 0.1) is 11.3 Å². The van der Waals surface area contributed by atoms with Gasteiger partial charge in [0.1, 0.15) is 5.76 Å². The molecule has 2 rings (SSSR count). The van der Waals surface area contributed by atoms with E-state index in [4.69, 9.17) is 4.84 Å². The second kappa shape index (κ2) is 5.08. The van der Waals surface area contributed by atoms with Crippen LogP contribution in [0.5, 0.6) is 0 Å². The van der Waals surface area contributed by atoms with Gasteiger partial charge >= 0.3 is 0 Å². The van der Waals surface area contributed by atoms with Crippen molar-refractivity contribution in [2.45, 2.75) is 53.9 Å². The zero-order valence-electron chi connectivity index (χ0n) is 12.5. The van der Waals surface area contributed by atoms with Gasteiger partial charge in [-0.05, 0) is 37.2 Å². The molecule has 0 radical (unpaired) electrons. The van der Waals surface area contributed by atoms with E-state index in [1.54, 1.807) is 0 Å². The molecule has 1 fully saturated rings. The fourth-order valence-electron chi connectivity index (χ4n) is 2.91. The van der Waals surface area contributed by atoms with E-state index in [1.165, 1.54) is 29.7 Å². The summed E-state index contributed by atoms with van der Waals surface area (Å²) in [5, 5.41) is 2.14. The summed E-state index contributed by atoms with van der Waals surface area (Å²) < 4.78 is 0. The van der Waals surface area contributed by atoms with Crippen molar-refractivity contribution in [1.82, 2.24) is 5.06 Å². The lowest BCUT2D eigenvalue weighted by Crippen LogP contribution is -2.36. The first-order chi connectivity index (χ1) is 8.41. The Morgan fingerprint density at radius 1 is 1.39 bits per heavy atom. The molecule has 0 spiro atoms. The summed E-state index contributed by atoms with van der Waals surface area (Å²) in [4.78, 5) is 6.19. The molecule has 0 N–H and O–H groups in total. The third-order valence-corrected chi connectivity index (χ3v) is 3.83. The molecule has 2 aliphatic rings. The summed E-state index contributed by atoms with van der Waals surface area (Å²) in [7, 11) is 0. The maximum Gasteiger partial charge on any atom is 0.131 e. The Kier molecular flexibility index (Phi) is 3.86.